The Morgan fingerprint density at radius 2 is 1.29 bits per heavy atom. The fourth-order valence-electron chi connectivity index (χ4n) is 5.81. The summed E-state index contributed by atoms with van der Waals surface area (Å²) in [7, 11) is 2.31. The normalized spacial score (nSPS) is 19.3. The van der Waals surface area contributed by atoms with Crippen LogP contribution in [0.5, 0.6) is 0 Å². The molecule has 1 N–H and O–H groups in total. The summed E-state index contributed by atoms with van der Waals surface area (Å²) in [5.74, 6) is 0. The van der Waals surface area contributed by atoms with Crippen LogP contribution in [0.25, 0.3) is 32.7 Å². The molecule has 1 aliphatic rings. The molecule has 0 radical (unpaired) electrons. The second-order valence-corrected chi connectivity index (χ2v) is 10.1. The maximum atomic E-state index is 11.4. The Hall–Kier alpha value is -3.46. The first kappa shape index (κ1) is 21.1. The van der Waals surface area contributed by atoms with Gasteiger partial charge >= 0.3 is 0 Å². The van der Waals surface area contributed by atoms with Gasteiger partial charge in [0.2, 0.25) is 0 Å². The van der Waals surface area contributed by atoms with Gasteiger partial charge in [0.15, 0.2) is 0 Å². The smallest absolute Gasteiger partial charge is 0.130 e. The highest BCUT2D eigenvalue weighted by Gasteiger charge is 2.39. The molecule has 5 aromatic rings. The number of hydrogen-bond acceptors (Lipinski definition) is 1. The highest BCUT2D eigenvalue weighted by molar-refractivity contribution is 6.01. The number of quaternary nitrogens is 1. The summed E-state index contributed by atoms with van der Waals surface area (Å²) in [5.41, 5.74) is 6.36. The fraction of sp³-hybridized carbons (Fsp3) is 0.188. The van der Waals surface area contributed by atoms with Crippen LogP contribution < -0.4 is 0 Å². The predicted molar refractivity (Wildman–Crippen MR) is 141 cm³/mol. The van der Waals surface area contributed by atoms with Gasteiger partial charge in [-0.2, -0.15) is 0 Å². The van der Waals surface area contributed by atoms with Gasteiger partial charge in [0.1, 0.15) is 25.2 Å². The van der Waals surface area contributed by atoms with Crippen molar-refractivity contribution in [1.29, 1.82) is 0 Å². The van der Waals surface area contributed by atoms with Crippen LogP contribution in [0.3, 0.4) is 0 Å². The molecule has 168 valence electrons. The summed E-state index contributed by atoms with van der Waals surface area (Å²) in [5, 5.41) is 16.5. The quantitative estimate of drug-likeness (QED) is 0.291. The van der Waals surface area contributed by atoms with Gasteiger partial charge in [0.05, 0.1) is 7.05 Å². The molecule has 1 heterocycles. The second-order valence-electron chi connectivity index (χ2n) is 10.1. The number of aliphatic hydroxyl groups excluding tert-OH is 1. The molecule has 34 heavy (non-hydrogen) atoms. The van der Waals surface area contributed by atoms with E-state index >= 15 is 0 Å². The SMILES string of the molecule is C[C@@H]([C@@H](O)c1ccccc1)[N+]1(C)Cc2cc3ccccc3cc2-c2c(ccc3ccccc23)C1. The topological polar surface area (TPSA) is 20.2 Å². The van der Waals surface area contributed by atoms with E-state index in [0.717, 1.165) is 23.1 Å². The molecule has 0 aliphatic carbocycles. The zero-order chi connectivity index (χ0) is 23.3. The van der Waals surface area contributed by atoms with Crippen LogP contribution >= 0.6 is 0 Å². The van der Waals surface area contributed by atoms with Crippen LogP contribution in [0.4, 0.5) is 0 Å². The number of benzene rings is 5. The number of rotatable bonds is 3. The summed E-state index contributed by atoms with van der Waals surface area (Å²) in [6.45, 7) is 3.94. The Balaban J connectivity index is 1.58. The monoisotopic (exact) mass is 444 g/mol. The van der Waals surface area contributed by atoms with Crippen LogP contribution in [0, 0.1) is 0 Å². The lowest BCUT2D eigenvalue weighted by molar-refractivity contribution is -0.960. The molecule has 0 amide bonds. The van der Waals surface area contributed by atoms with Crippen LogP contribution in [0.15, 0.2) is 103 Å². The fourth-order valence-corrected chi connectivity index (χ4v) is 5.81. The summed E-state index contributed by atoms with van der Waals surface area (Å²) >= 11 is 0. The van der Waals surface area contributed by atoms with Gasteiger partial charge in [-0.25, -0.2) is 0 Å². The van der Waals surface area contributed by atoms with Crippen molar-refractivity contribution < 1.29 is 9.59 Å². The van der Waals surface area contributed by atoms with Crippen molar-refractivity contribution in [2.24, 2.45) is 0 Å². The van der Waals surface area contributed by atoms with Crippen LogP contribution in [0.2, 0.25) is 0 Å². The van der Waals surface area contributed by atoms with E-state index in [1.165, 1.54) is 43.8 Å². The molecule has 1 aliphatic heterocycles. The minimum Gasteiger partial charge on any atom is -0.382 e. The average Bonchev–Trinajstić information content (AvgIpc) is 3.00. The molecule has 3 atom stereocenters. The molecule has 0 spiro atoms. The van der Waals surface area contributed by atoms with Crippen LogP contribution in [0.1, 0.15) is 29.7 Å². The van der Waals surface area contributed by atoms with Crippen molar-refractivity contribution in [3.05, 3.63) is 120 Å². The Labute approximate surface area is 201 Å². The first-order valence-electron chi connectivity index (χ1n) is 12.1. The highest BCUT2D eigenvalue weighted by Crippen LogP contribution is 2.43. The lowest BCUT2D eigenvalue weighted by atomic mass is 9.90. The molecule has 1 unspecified atom stereocenters. The first-order valence-corrected chi connectivity index (χ1v) is 12.1. The minimum atomic E-state index is -0.530. The van der Waals surface area contributed by atoms with Crippen molar-refractivity contribution in [2.75, 3.05) is 7.05 Å². The zero-order valence-electron chi connectivity index (χ0n) is 19.8. The van der Waals surface area contributed by atoms with Gasteiger partial charge < -0.3 is 9.59 Å². The van der Waals surface area contributed by atoms with Crippen molar-refractivity contribution in [3.63, 3.8) is 0 Å². The van der Waals surface area contributed by atoms with Crippen molar-refractivity contribution in [1.82, 2.24) is 0 Å². The van der Waals surface area contributed by atoms with Crippen molar-refractivity contribution >= 4 is 21.5 Å². The molecule has 0 fully saturated rings. The molecule has 0 bridgehead atoms. The Morgan fingerprint density at radius 3 is 2.06 bits per heavy atom. The molecule has 2 heteroatoms. The maximum Gasteiger partial charge on any atom is 0.130 e. The van der Waals surface area contributed by atoms with Crippen LogP contribution in [-0.4, -0.2) is 22.7 Å². The van der Waals surface area contributed by atoms with Crippen molar-refractivity contribution in [2.45, 2.75) is 32.2 Å². The van der Waals surface area contributed by atoms with Gasteiger partial charge in [-0.15, -0.1) is 0 Å². The van der Waals surface area contributed by atoms with Gasteiger partial charge in [-0.1, -0.05) is 91.0 Å². The maximum absolute atomic E-state index is 11.4. The molecule has 0 saturated carbocycles. The summed E-state index contributed by atoms with van der Waals surface area (Å²) in [4.78, 5) is 0. The van der Waals surface area contributed by atoms with Gasteiger partial charge in [0, 0.05) is 11.1 Å². The van der Waals surface area contributed by atoms with E-state index in [9.17, 15) is 5.11 Å². The summed E-state index contributed by atoms with van der Waals surface area (Å²) < 4.78 is 0.743. The highest BCUT2D eigenvalue weighted by atomic mass is 16.3. The number of likely N-dealkylation sites (N-methyl/N-ethyl adjacent to an activating group) is 1. The Kier molecular flexibility index (Phi) is 5.02. The van der Waals surface area contributed by atoms with Crippen LogP contribution in [-0.2, 0) is 13.1 Å². The number of nitrogens with zero attached hydrogens (tertiary/aromatic N) is 1. The second kappa shape index (κ2) is 8.09. The van der Waals surface area contributed by atoms with E-state index in [4.69, 9.17) is 0 Å². The van der Waals surface area contributed by atoms with Crippen molar-refractivity contribution in [3.8, 4) is 11.1 Å². The zero-order valence-corrected chi connectivity index (χ0v) is 19.8. The minimum absolute atomic E-state index is 0.0270. The summed E-state index contributed by atoms with van der Waals surface area (Å²) in [6, 6.07) is 36.8. The Bertz CT molecular complexity index is 1510. The molecule has 0 saturated heterocycles. The van der Waals surface area contributed by atoms with Gasteiger partial charge in [0.25, 0.3) is 0 Å². The molecule has 6 rings (SSSR count). The predicted octanol–water partition coefficient (Wildman–Crippen LogP) is 7.24. The Morgan fingerprint density at radius 1 is 0.676 bits per heavy atom. The third-order valence-electron chi connectivity index (χ3n) is 7.90. The van der Waals surface area contributed by atoms with E-state index in [1.807, 2.05) is 30.3 Å². The lowest BCUT2D eigenvalue weighted by Crippen LogP contribution is -2.51. The van der Waals surface area contributed by atoms with Gasteiger partial charge in [-0.05, 0) is 57.3 Å². The molecular weight excluding hydrogens is 414 g/mol. The first-order chi connectivity index (χ1) is 16.5. The lowest BCUT2D eigenvalue weighted by Gasteiger charge is -2.42. The van der Waals surface area contributed by atoms with Gasteiger partial charge in [-0.3, -0.25) is 0 Å². The summed E-state index contributed by atoms with van der Waals surface area (Å²) in [6.07, 6.45) is -0.530. The average molecular weight is 445 g/mol. The van der Waals surface area contributed by atoms with E-state index in [1.54, 1.807) is 0 Å². The van der Waals surface area contributed by atoms with E-state index in [2.05, 4.69) is 86.8 Å². The van der Waals surface area contributed by atoms with E-state index in [0.29, 0.717) is 0 Å². The molecular formula is C32H30NO+. The van der Waals surface area contributed by atoms with E-state index < -0.39 is 6.10 Å². The third kappa shape index (κ3) is 3.42. The molecule has 0 aromatic heterocycles. The van der Waals surface area contributed by atoms with E-state index in [-0.39, 0.29) is 6.04 Å². The molecule has 5 aromatic carbocycles. The number of aliphatic hydroxyl groups is 1. The number of hydrogen-bond donors (Lipinski definition) is 1. The largest absolute Gasteiger partial charge is 0.382 e. The number of fused-ring (bicyclic) bond motifs is 6. The molecule has 2 nitrogen and oxygen atoms in total. The standard InChI is InChI=1S/C32H30NO/c1-22(32(34)24-11-4-3-5-12-24)33(2)20-27-17-16-23-10-8-9-15-29(23)31(27)30-19-26-14-7-6-13-25(26)18-28(30)21-33/h3-19,22,32,34H,20-21H2,1-2H3/q+1/t22-,32+,33?/m0/s1. The third-order valence-corrected chi connectivity index (χ3v) is 7.90.